The zero-order chi connectivity index (χ0) is 9.26. The maximum absolute atomic E-state index is 6.81. The van der Waals surface area contributed by atoms with Gasteiger partial charge in [0.25, 0.3) is 0 Å². The average molecular weight is 190 g/mol. The predicted octanol–water partition coefficient (Wildman–Crippen LogP) is 2.83. The van der Waals surface area contributed by atoms with Crippen LogP contribution in [0, 0.1) is 6.57 Å². The topological polar surface area (TPSA) is 30.1 Å². The molecule has 2 aromatic rings. The van der Waals surface area contributed by atoms with Gasteiger partial charge in [-0.2, -0.15) is 0 Å². The van der Waals surface area contributed by atoms with Crippen molar-refractivity contribution in [3.05, 3.63) is 41.1 Å². The minimum absolute atomic E-state index is 0.369. The molecule has 0 saturated carbocycles. The molecule has 2 rings (SSSR count). The Hall–Kier alpha value is -1.66. The van der Waals surface area contributed by atoms with Crippen molar-refractivity contribution in [3.63, 3.8) is 0 Å². The van der Waals surface area contributed by atoms with Gasteiger partial charge in [0.15, 0.2) is 5.15 Å². The molecule has 0 radical (unpaired) electrons. The molecule has 0 amide bonds. The number of nitrogens with zero attached hydrogens (tertiary/aromatic N) is 3. The summed E-state index contributed by atoms with van der Waals surface area (Å²) in [5, 5.41) is 1.21. The highest BCUT2D eigenvalue weighted by atomic mass is 35.5. The fourth-order valence-electron chi connectivity index (χ4n) is 1.07. The largest absolute Gasteiger partial charge is 0.265 e. The van der Waals surface area contributed by atoms with Crippen LogP contribution in [-0.2, 0) is 0 Å². The molecule has 13 heavy (non-hydrogen) atoms. The summed E-state index contributed by atoms with van der Waals surface area (Å²) in [5.74, 6) is 0. The van der Waals surface area contributed by atoms with Crippen molar-refractivity contribution in [2.45, 2.75) is 0 Å². The number of pyridine rings is 2. The minimum atomic E-state index is 0.369. The van der Waals surface area contributed by atoms with Crippen molar-refractivity contribution in [2.24, 2.45) is 0 Å². The van der Waals surface area contributed by atoms with E-state index in [9.17, 15) is 0 Å². The van der Waals surface area contributed by atoms with Crippen LogP contribution in [0.2, 0.25) is 5.15 Å². The van der Waals surface area contributed by atoms with Gasteiger partial charge >= 0.3 is 0 Å². The highest BCUT2D eigenvalue weighted by molar-refractivity contribution is 6.33. The molecule has 0 fully saturated rings. The van der Waals surface area contributed by atoms with Crippen LogP contribution >= 0.6 is 11.6 Å². The smallest absolute Gasteiger partial charge is 0.205 e. The number of hydrogen-bond acceptors (Lipinski definition) is 2. The molecule has 0 N–H and O–H groups in total. The Kier molecular flexibility index (Phi) is 1.84. The van der Waals surface area contributed by atoms with Gasteiger partial charge in [-0.15, -0.1) is 0 Å². The molecule has 2 aromatic heterocycles. The molecule has 2 heterocycles. The van der Waals surface area contributed by atoms with Gasteiger partial charge in [-0.05, 0) is 17.5 Å². The van der Waals surface area contributed by atoms with E-state index in [1.807, 2.05) is 0 Å². The summed E-state index contributed by atoms with van der Waals surface area (Å²) < 4.78 is 0. The average Bonchev–Trinajstić information content (AvgIpc) is 2.18. The standard InChI is InChI=1S/C9H4ClN3/c1-11-7-4-6-2-3-12-9(10)8(6)13-5-7/h2-5H. The van der Waals surface area contributed by atoms with Crippen LogP contribution in [0.5, 0.6) is 0 Å². The van der Waals surface area contributed by atoms with Crippen LogP contribution in [0.1, 0.15) is 0 Å². The van der Waals surface area contributed by atoms with E-state index in [0.717, 1.165) is 5.39 Å². The molecule has 0 spiro atoms. The Bertz CT molecular complexity index is 502. The third-order valence-electron chi connectivity index (χ3n) is 1.67. The molecular weight excluding hydrogens is 186 g/mol. The van der Waals surface area contributed by atoms with Gasteiger partial charge in [-0.1, -0.05) is 11.6 Å². The Labute approximate surface area is 79.8 Å². The second-order valence-electron chi connectivity index (χ2n) is 2.48. The van der Waals surface area contributed by atoms with Gasteiger partial charge in [0, 0.05) is 12.4 Å². The van der Waals surface area contributed by atoms with Crippen molar-refractivity contribution in [1.82, 2.24) is 9.97 Å². The normalized spacial score (nSPS) is 9.85. The molecule has 0 aliphatic heterocycles. The van der Waals surface area contributed by atoms with E-state index in [1.54, 1.807) is 18.3 Å². The summed E-state index contributed by atoms with van der Waals surface area (Å²) in [6.45, 7) is 6.81. The number of rotatable bonds is 0. The first-order valence-corrected chi connectivity index (χ1v) is 3.97. The van der Waals surface area contributed by atoms with E-state index < -0.39 is 0 Å². The molecule has 4 heteroatoms. The van der Waals surface area contributed by atoms with Gasteiger partial charge in [0.2, 0.25) is 5.69 Å². The Morgan fingerprint density at radius 3 is 3.00 bits per heavy atom. The fourth-order valence-corrected chi connectivity index (χ4v) is 1.29. The summed E-state index contributed by atoms with van der Waals surface area (Å²) in [6, 6.07) is 3.52. The highest BCUT2D eigenvalue weighted by Crippen LogP contribution is 2.22. The maximum Gasteiger partial charge on any atom is 0.205 e. The van der Waals surface area contributed by atoms with Crippen LogP contribution in [-0.4, -0.2) is 9.97 Å². The van der Waals surface area contributed by atoms with E-state index in [4.69, 9.17) is 18.2 Å². The Balaban J connectivity index is 2.82. The number of fused-ring (bicyclic) bond motifs is 1. The summed E-state index contributed by atoms with van der Waals surface area (Å²) >= 11 is 5.80. The highest BCUT2D eigenvalue weighted by Gasteiger charge is 2.01. The molecule has 0 atom stereocenters. The van der Waals surface area contributed by atoms with Crippen LogP contribution in [0.25, 0.3) is 15.7 Å². The first-order chi connectivity index (χ1) is 6.31. The summed E-state index contributed by atoms with van der Waals surface area (Å²) in [7, 11) is 0. The third kappa shape index (κ3) is 1.32. The monoisotopic (exact) mass is 189 g/mol. The molecule has 0 aromatic carbocycles. The molecular formula is C9H4ClN3. The quantitative estimate of drug-likeness (QED) is 0.471. The van der Waals surface area contributed by atoms with Gasteiger partial charge in [-0.3, -0.25) is 4.98 Å². The first-order valence-electron chi connectivity index (χ1n) is 3.59. The first kappa shape index (κ1) is 7.96. The number of aromatic nitrogens is 2. The lowest BCUT2D eigenvalue weighted by molar-refractivity contribution is 1.31. The van der Waals surface area contributed by atoms with Crippen molar-refractivity contribution >= 4 is 28.2 Å². The molecule has 3 nitrogen and oxygen atoms in total. The zero-order valence-corrected chi connectivity index (χ0v) is 7.28. The fraction of sp³-hybridized carbons (Fsp3) is 0. The van der Waals surface area contributed by atoms with Crippen LogP contribution < -0.4 is 0 Å². The second-order valence-corrected chi connectivity index (χ2v) is 2.84. The number of halogens is 1. The number of hydrogen-bond donors (Lipinski definition) is 0. The van der Waals surface area contributed by atoms with Crippen LogP contribution in [0.4, 0.5) is 5.69 Å². The maximum atomic E-state index is 6.81. The third-order valence-corrected chi connectivity index (χ3v) is 1.95. The molecule has 0 bridgehead atoms. The minimum Gasteiger partial charge on any atom is -0.265 e. The van der Waals surface area contributed by atoms with Gasteiger partial charge in [0.1, 0.15) is 5.52 Å². The SMILES string of the molecule is [C-]#[N+]c1cnc2c(Cl)nccc2c1. The van der Waals surface area contributed by atoms with Crippen LogP contribution in [0.15, 0.2) is 24.5 Å². The van der Waals surface area contributed by atoms with E-state index in [2.05, 4.69) is 14.8 Å². The van der Waals surface area contributed by atoms with Gasteiger partial charge in [0.05, 0.1) is 6.57 Å². The Morgan fingerprint density at radius 1 is 1.38 bits per heavy atom. The molecule has 0 aliphatic rings. The lowest BCUT2D eigenvalue weighted by Crippen LogP contribution is -1.81. The van der Waals surface area contributed by atoms with Gasteiger partial charge < -0.3 is 0 Å². The van der Waals surface area contributed by atoms with Crippen molar-refractivity contribution in [3.8, 4) is 0 Å². The van der Waals surface area contributed by atoms with E-state index in [0.29, 0.717) is 16.4 Å². The predicted molar refractivity (Wildman–Crippen MR) is 50.8 cm³/mol. The molecule has 0 saturated heterocycles. The molecule has 0 unspecified atom stereocenters. The summed E-state index contributed by atoms with van der Waals surface area (Å²) in [5.41, 5.74) is 1.14. The van der Waals surface area contributed by atoms with E-state index in [-0.39, 0.29) is 0 Å². The lowest BCUT2D eigenvalue weighted by Gasteiger charge is -1.97. The lowest BCUT2D eigenvalue weighted by atomic mass is 10.2. The Morgan fingerprint density at radius 2 is 2.23 bits per heavy atom. The molecule has 0 aliphatic carbocycles. The van der Waals surface area contributed by atoms with Crippen molar-refractivity contribution < 1.29 is 0 Å². The van der Waals surface area contributed by atoms with Crippen LogP contribution in [0.3, 0.4) is 0 Å². The van der Waals surface area contributed by atoms with E-state index >= 15 is 0 Å². The summed E-state index contributed by atoms with van der Waals surface area (Å²) in [6.07, 6.45) is 3.09. The van der Waals surface area contributed by atoms with E-state index in [1.165, 1.54) is 6.20 Å². The van der Waals surface area contributed by atoms with Crippen molar-refractivity contribution in [2.75, 3.05) is 0 Å². The van der Waals surface area contributed by atoms with Gasteiger partial charge in [-0.25, -0.2) is 9.83 Å². The zero-order valence-electron chi connectivity index (χ0n) is 6.53. The molecule has 62 valence electrons. The van der Waals surface area contributed by atoms with Crippen molar-refractivity contribution in [1.29, 1.82) is 0 Å². The summed E-state index contributed by atoms with van der Waals surface area (Å²) in [4.78, 5) is 11.2. The second kappa shape index (κ2) is 3.00.